The molecule has 0 fully saturated rings. The molecule has 0 aliphatic rings. The van der Waals surface area contributed by atoms with Gasteiger partial charge in [0, 0.05) is 0 Å². The zero-order chi connectivity index (χ0) is 15.4. The molecule has 1 heterocycles. The maximum absolute atomic E-state index is 12.3. The molecule has 5 nitrogen and oxygen atoms in total. The fourth-order valence-electron chi connectivity index (χ4n) is 2.09. The summed E-state index contributed by atoms with van der Waals surface area (Å²) in [6.07, 6.45) is -1.05. The smallest absolute Gasteiger partial charge is 0.269 e. The molecule has 2 aromatic rings. The van der Waals surface area contributed by atoms with Crippen LogP contribution in [0.25, 0.3) is 11.3 Å². The maximum atomic E-state index is 12.3. The maximum Gasteiger partial charge on any atom is 0.269 e. The molecule has 0 radical (unpaired) electrons. The first kappa shape index (κ1) is 15.0. The molecule has 1 unspecified atom stereocenters. The average molecular weight is 284 g/mol. The molecule has 2 rings (SSSR count). The Kier molecular flexibility index (Phi) is 4.53. The van der Waals surface area contributed by atoms with Crippen molar-refractivity contribution in [3.63, 3.8) is 0 Å². The number of aliphatic hydroxyl groups excluding tert-OH is 2. The van der Waals surface area contributed by atoms with Gasteiger partial charge in [-0.3, -0.25) is 4.79 Å². The average Bonchev–Trinajstić information content (AvgIpc) is 2.50. The van der Waals surface area contributed by atoms with Crippen LogP contribution in [0.15, 0.2) is 41.2 Å². The largest absolute Gasteiger partial charge is 0.394 e. The molecule has 0 spiro atoms. The van der Waals surface area contributed by atoms with Gasteiger partial charge in [-0.15, -0.1) is 0 Å². The lowest BCUT2D eigenvalue weighted by molar-refractivity contribution is 0.0807. The summed E-state index contributed by atoms with van der Waals surface area (Å²) < 4.78 is 1.32. The first-order chi connectivity index (χ1) is 10.1. The molecule has 0 saturated carbocycles. The second-order valence-electron chi connectivity index (χ2n) is 4.86. The zero-order valence-electron chi connectivity index (χ0n) is 11.7. The minimum atomic E-state index is -1.05. The standard InChI is InChI=1S/C16H16N2O3/c1-11-2-4-12(5-3-11)15-7-6-13(8-17)16(21)18(15)9-14(20)10-19/h2-7,14,19-20H,9-10H2,1H3. The summed E-state index contributed by atoms with van der Waals surface area (Å²) in [6, 6.07) is 12.6. The minimum absolute atomic E-state index is 0.0102. The number of benzene rings is 1. The van der Waals surface area contributed by atoms with Crippen LogP contribution in [0, 0.1) is 18.3 Å². The van der Waals surface area contributed by atoms with E-state index in [2.05, 4.69) is 0 Å². The van der Waals surface area contributed by atoms with Crippen LogP contribution in [0.5, 0.6) is 0 Å². The Morgan fingerprint density at radius 3 is 2.48 bits per heavy atom. The van der Waals surface area contributed by atoms with Gasteiger partial charge in [0.05, 0.1) is 24.9 Å². The normalized spacial score (nSPS) is 11.9. The van der Waals surface area contributed by atoms with Crippen molar-refractivity contribution < 1.29 is 10.2 Å². The molecule has 0 saturated heterocycles. The lowest BCUT2D eigenvalue weighted by atomic mass is 10.1. The van der Waals surface area contributed by atoms with Gasteiger partial charge >= 0.3 is 0 Å². The number of nitrogens with zero attached hydrogens (tertiary/aromatic N) is 2. The van der Waals surface area contributed by atoms with E-state index >= 15 is 0 Å². The molecular weight excluding hydrogens is 268 g/mol. The van der Waals surface area contributed by atoms with Gasteiger partial charge in [-0.2, -0.15) is 5.26 Å². The van der Waals surface area contributed by atoms with E-state index in [0.29, 0.717) is 5.69 Å². The van der Waals surface area contributed by atoms with E-state index in [1.54, 1.807) is 6.07 Å². The highest BCUT2D eigenvalue weighted by atomic mass is 16.3. The van der Waals surface area contributed by atoms with E-state index in [0.717, 1.165) is 11.1 Å². The highest BCUT2D eigenvalue weighted by Gasteiger charge is 2.13. The molecule has 21 heavy (non-hydrogen) atoms. The summed E-state index contributed by atoms with van der Waals surface area (Å²) in [5.74, 6) is 0. The van der Waals surface area contributed by atoms with E-state index in [1.807, 2.05) is 37.3 Å². The van der Waals surface area contributed by atoms with Crippen LogP contribution in [-0.4, -0.2) is 27.5 Å². The Morgan fingerprint density at radius 1 is 1.24 bits per heavy atom. The number of aryl methyl sites for hydroxylation is 1. The van der Waals surface area contributed by atoms with Crippen LogP contribution in [0.4, 0.5) is 0 Å². The monoisotopic (exact) mass is 284 g/mol. The third kappa shape index (κ3) is 3.19. The molecule has 5 heteroatoms. The second kappa shape index (κ2) is 6.35. The fourth-order valence-corrected chi connectivity index (χ4v) is 2.09. The van der Waals surface area contributed by atoms with Crippen molar-refractivity contribution in [2.24, 2.45) is 0 Å². The van der Waals surface area contributed by atoms with E-state index in [-0.39, 0.29) is 12.1 Å². The second-order valence-corrected chi connectivity index (χ2v) is 4.86. The van der Waals surface area contributed by atoms with Gasteiger partial charge in [0.15, 0.2) is 0 Å². The van der Waals surface area contributed by atoms with Crippen LogP contribution in [0.1, 0.15) is 11.1 Å². The highest BCUT2D eigenvalue weighted by molar-refractivity contribution is 5.60. The highest BCUT2D eigenvalue weighted by Crippen LogP contribution is 2.19. The van der Waals surface area contributed by atoms with Gasteiger partial charge in [0.2, 0.25) is 0 Å². The summed E-state index contributed by atoms with van der Waals surface area (Å²) in [5.41, 5.74) is 2.05. The number of hydrogen-bond acceptors (Lipinski definition) is 4. The van der Waals surface area contributed by atoms with E-state index < -0.39 is 18.3 Å². The van der Waals surface area contributed by atoms with Crippen molar-refractivity contribution in [2.75, 3.05) is 6.61 Å². The lowest BCUT2D eigenvalue weighted by Crippen LogP contribution is -2.30. The SMILES string of the molecule is Cc1ccc(-c2ccc(C#N)c(=O)n2CC(O)CO)cc1. The Balaban J connectivity index is 2.60. The van der Waals surface area contributed by atoms with Gasteiger partial charge in [0.1, 0.15) is 11.6 Å². The topological polar surface area (TPSA) is 86.2 Å². The van der Waals surface area contributed by atoms with Crippen molar-refractivity contribution in [1.29, 1.82) is 5.26 Å². The first-order valence-corrected chi connectivity index (χ1v) is 6.56. The van der Waals surface area contributed by atoms with Gasteiger partial charge in [0.25, 0.3) is 5.56 Å². The molecule has 108 valence electrons. The first-order valence-electron chi connectivity index (χ1n) is 6.56. The summed E-state index contributed by atoms with van der Waals surface area (Å²) in [7, 11) is 0. The Hall–Kier alpha value is -2.42. The third-order valence-corrected chi connectivity index (χ3v) is 3.25. The number of pyridine rings is 1. The quantitative estimate of drug-likeness (QED) is 0.878. The van der Waals surface area contributed by atoms with Crippen LogP contribution in [-0.2, 0) is 6.54 Å². The summed E-state index contributed by atoms with van der Waals surface area (Å²) >= 11 is 0. The van der Waals surface area contributed by atoms with E-state index in [1.165, 1.54) is 10.6 Å². The molecule has 0 aliphatic heterocycles. The third-order valence-electron chi connectivity index (χ3n) is 3.25. The van der Waals surface area contributed by atoms with Crippen molar-refractivity contribution in [2.45, 2.75) is 19.6 Å². The molecule has 1 atom stereocenters. The molecule has 2 N–H and O–H groups in total. The summed E-state index contributed by atoms with van der Waals surface area (Å²) in [4.78, 5) is 12.3. The van der Waals surface area contributed by atoms with Crippen molar-refractivity contribution >= 4 is 0 Å². The minimum Gasteiger partial charge on any atom is -0.394 e. The molecule has 0 amide bonds. The molecule has 0 bridgehead atoms. The van der Waals surface area contributed by atoms with Crippen LogP contribution in [0.2, 0.25) is 0 Å². The summed E-state index contributed by atoms with van der Waals surface area (Å²) in [6.45, 7) is 1.45. The zero-order valence-corrected chi connectivity index (χ0v) is 11.7. The predicted octanol–water partition coefficient (Wildman–Crippen LogP) is 1.05. The van der Waals surface area contributed by atoms with Gasteiger partial charge < -0.3 is 14.8 Å². The fraction of sp³-hybridized carbons (Fsp3) is 0.250. The number of rotatable bonds is 4. The number of nitriles is 1. The summed E-state index contributed by atoms with van der Waals surface area (Å²) in [5, 5.41) is 27.6. The number of aliphatic hydroxyl groups is 2. The molecular formula is C16H16N2O3. The Bertz CT molecular complexity index is 727. The Labute approximate surface area is 122 Å². The van der Waals surface area contributed by atoms with Crippen LogP contribution in [0.3, 0.4) is 0 Å². The number of aromatic nitrogens is 1. The van der Waals surface area contributed by atoms with Crippen LogP contribution < -0.4 is 5.56 Å². The molecule has 0 aliphatic carbocycles. The molecule has 1 aromatic heterocycles. The van der Waals surface area contributed by atoms with Crippen molar-refractivity contribution in [3.05, 3.63) is 57.9 Å². The van der Waals surface area contributed by atoms with Gasteiger partial charge in [-0.25, -0.2) is 0 Å². The van der Waals surface area contributed by atoms with Gasteiger partial charge in [-0.1, -0.05) is 29.8 Å². The van der Waals surface area contributed by atoms with E-state index in [9.17, 15) is 9.90 Å². The lowest BCUT2D eigenvalue weighted by Gasteiger charge is -2.16. The van der Waals surface area contributed by atoms with E-state index in [4.69, 9.17) is 10.4 Å². The van der Waals surface area contributed by atoms with Crippen LogP contribution >= 0.6 is 0 Å². The van der Waals surface area contributed by atoms with Crippen molar-refractivity contribution in [3.8, 4) is 17.3 Å². The number of hydrogen-bond donors (Lipinski definition) is 2. The Morgan fingerprint density at radius 2 is 1.90 bits per heavy atom. The predicted molar refractivity (Wildman–Crippen MR) is 78.7 cm³/mol. The van der Waals surface area contributed by atoms with Gasteiger partial charge in [-0.05, 0) is 24.6 Å². The van der Waals surface area contributed by atoms with Crippen molar-refractivity contribution in [1.82, 2.24) is 4.57 Å². The molecule has 1 aromatic carbocycles.